The highest BCUT2D eigenvalue weighted by Gasteiger charge is 2.07. The normalized spacial score (nSPS) is 10.5. The lowest BCUT2D eigenvalue weighted by molar-refractivity contribution is 0.102. The molecule has 3 rings (SSSR count). The Bertz CT molecular complexity index is 851. The topological polar surface area (TPSA) is 80.9 Å². The van der Waals surface area contributed by atoms with Crippen molar-refractivity contribution in [3.8, 4) is 0 Å². The van der Waals surface area contributed by atoms with Gasteiger partial charge in [0, 0.05) is 21.5 Å². The zero-order chi connectivity index (χ0) is 16.9. The van der Waals surface area contributed by atoms with Gasteiger partial charge in [0.25, 0.3) is 5.91 Å². The van der Waals surface area contributed by atoms with Crippen molar-refractivity contribution < 1.29 is 4.79 Å². The van der Waals surface area contributed by atoms with Gasteiger partial charge in [-0.15, -0.1) is 10.2 Å². The van der Waals surface area contributed by atoms with E-state index in [1.54, 1.807) is 11.8 Å². The zero-order valence-corrected chi connectivity index (χ0v) is 15.6. The van der Waals surface area contributed by atoms with Crippen molar-refractivity contribution in [1.82, 2.24) is 10.2 Å². The summed E-state index contributed by atoms with van der Waals surface area (Å²) in [5.74, 6) is 0.617. The van der Waals surface area contributed by atoms with Crippen LogP contribution in [-0.4, -0.2) is 16.1 Å². The van der Waals surface area contributed by atoms with Gasteiger partial charge in [0.1, 0.15) is 0 Å². The summed E-state index contributed by atoms with van der Waals surface area (Å²) in [5.41, 5.74) is 8.03. The first kappa shape index (κ1) is 16.9. The van der Waals surface area contributed by atoms with Crippen LogP contribution in [0.2, 0.25) is 0 Å². The average Bonchev–Trinajstić information content (AvgIpc) is 2.99. The maximum absolute atomic E-state index is 12.3. The van der Waals surface area contributed by atoms with Crippen LogP contribution in [0.4, 0.5) is 10.8 Å². The molecule has 2 aromatic carbocycles. The Morgan fingerprint density at radius 3 is 2.67 bits per heavy atom. The highest BCUT2D eigenvalue weighted by molar-refractivity contribution is 9.10. The molecule has 8 heteroatoms. The highest BCUT2D eigenvalue weighted by atomic mass is 79.9. The summed E-state index contributed by atoms with van der Waals surface area (Å²) in [5, 5.41) is 11.1. The Hall–Kier alpha value is -1.90. The van der Waals surface area contributed by atoms with Crippen LogP contribution in [0.3, 0.4) is 0 Å². The minimum absolute atomic E-state index is 0.135. The molecule has 0 radical (unpaired) electrons. The minimum Gasteiger partial charge on any atom is -0.374 e. The molecule has 0 fully saturated rings. The fraction of sp³-hybridized carbons (Fsp3) is 0.0625. The largest absolute Gasteiger partial charge is 0.374 e. The van der Waals surface area contributed by atoms with Gasteiger partial charge in [-0.2, -0.15) is 0 Å². The molecule has 1 aromatic heterocycles. The van der Waals surface area contributed by atoms with Crippen LogP contribution in [0.1, 0.15) is 15.9 Å². The number of nitrogens with two attached hydrogens (primary N) is 1. The van der Waals surface area contributed by atoms with Crippen molar-refractivity contribution in [1.29, 1.82) is 0 Å². The first-order valence-corrected chi connectivity index (χ1v) is 9.57. The Kier molecular flexibility index (Phi) is 5.49. The second-order valence-corrected chi connectivity index (χ2v) is 8.00. The van der Waals surface area contributed by atoms with Crippen molar-refractivity contribution in [3.63, 3.8) is 0 Å². The SMILES string of the molecule is Nc1nnc(SCc2ccc(C(=O)Nc3cccc(Br)c3)cc2)s1. The van der Waals surface area contributed by atoms with Crippen LogP contribution >= 0.6 is 39.0 Å². The van der Waals surface area contributed by atoms with Crippen LogP contribution in [0.5, 0.6) is 0 Å². The number of thioether (sulfide) groups is 1. The van der Waals surface area contributed by atoms with Gasteiger partial charge in [0.2, 0.25) is 5.13 Å². The van der Waals surface area contributed by atoms with Gasteiger partial charge >= 0.3 is 0 Å². The molecule has 5 nitrogen and oxygen atoms in total. The number of amides is 1. The molecule has 0 atom stereocenters. The molecule has 3 N–H and O–H groups in total. The maximum Gasteiger partial charge on any atom is 0.255 e. The summed E-state index contributed by atoms with van der Waals surface area (Å²) in [6, 6.07) is 15.0. The van der Waals surface area contributed by atoms with E-state index >= 15 is 0 Å². The van der Waals surface area contributed by atoms with E-state index in [2.05, 4.69) is 31.4 Å². The predicted molar refractivity (Wildman–Crippen MR) is 102 cm³/mol. The van der Waals surface area contributed by atoms with Gasteiger partial charge in [0.15, 0.2) is 4.34 Å². The van der Waals surface area contributed by atoms with Crippen molar-refractivity contribution >= 4 is 55.8 Å². The van der Waals surface area contributed by atoms with Gasteiger partial charge in [-0.25, -0.2) is 0 Å². The third kappa shape index (κ3) is 4.56. The van der Waals surface area contributed by atoms with Gasteiger partial charge < -0.3 is 11.1 Å². The Balaban J connectivity index is 1.60. The molecular formula is C16H13BrN4OS2. The lowest BCUT2D eigenvalue weighted by Gasteiger charge is -2.06. The lowest BCUT2D eigenvalue weighted by Crippen LogP contribution is -2.11. The molecule has 0 aliphatic rings. The summed E-state index contributed by atoms with van der Waals surface area (Å²) in [4.78, 5) is 12.3. The second kappa shape index (κ2) is 7.78. The first-order chi connectivity index (χ1) is 11.6. The van der Waals surface area contributed by atoms with E-state index in [-0.39, 0.29) is 5.91 Å². The van der Waals surface area contributed by atoms with Crippen molar-refractivity contribution in [2.24, 2.45) is 0 Å². The van der Waals surface area contributed by atoms with E-state index in [0.717, 1.165) is 25.8 Å². The molecule has 0 aliphatic carbocycles. The smallest absolute Gasteiger partial charge is 0.255 e. The molecule has 0 spiro atoms. The third-order valence-electron chi connectivity index (χ3n) is 3.08. The first-order valence-electron chi connectivity index (χ1n) is 6.98. The number of benzene rings is 2. The number of hydrogen-bond donors (Lipinski definition) is 2. The summed E-state index contributed by atoms with van der Waals surface area (Å²) in [6.07, 6.45) is 0. The number of hydrogen-bond acceptors (Lipinski definition) is 6. The molecule has 1 heterocycles. The predicted octanol–water partition coefficient (Wildman–Crippen LogP) is 4.43. The zero-order valence-electron chi connectivity index (χ0n) is 12.4. The maximum atomic E-state index is 12.3. The molecule has 0 saturated carbocycles. The fourth-order valence-corrected chi connectivity index (χ4v) is 3.94. The second-order valence-electron chi connectivity index (χ2n) is 4.86. The Labute approximate surface area is 155 Å². The number of anilines is 2. The number of halogens is 1. The van der Waals surface area contributed by atoms with Crippen LogP contribution in [0.25, 0.3) is 0 Å². The molecule has 3 aromatic rings. The average molecular weight is 421 g/mol. The van der Waals surface area contributed by atoms with Crippen molar-refractivity contribution in [2.75, 3.05) is 11.1 Å². The minimum atomic E-state index is -0.135. The summed E-state index contributed by atoms with van der Waals surface area (Å²) < 4.78 is 1.76. The van der Waals surface area contributed by atoms with Crippen LogP contribution in [0, 0.1) is 0 Å². The van der Waals surface area contributed by atoms with E-state index in [1.807, 2.05) is 48.5 Å². The van der Waals surface area contributed by atoms with E-state index < -0.39 is 0 Å². The lowest BCUT2D eigenvalue weighted by atomic mass is 10.1. The molecule has 0 unspecified atom stereocenters. The van der Waals surface area contributed by atoms with Gasteiger partial charge in [0.05, 0.1) is 0 Å². The third-order valence-corrected chi connectivity index (χ3v) is 5.53. The number of aromatic nitrogens is 2. The number of nitrogen functional groups attached to an aromatic ring is 1. The molecular weight excluding hydrogens is 408 g/mol. The number of carbonyl (C=O) groups is 1. The van der Waals surface area contributed by atoms with Gasteiger partial charge in [-0.05, 0) is 35.9 Å². The molecule has 0 bridgehead atoms. The Morgan fingerprint density at radius 2 is 2.00 bits per heavy atom. The number of nitrogens with one attached hydrogen (secondary N) is 1. The van der Waals surface area contributed by atoms with Crippen LogP contribution in [-0.2, 0) is 5.75 Å². The number of nitrogens with zero attached hydrogens (tertiary/aromatic N) is 2. The molecule has 0 aliphatic heterocycles. The van der Waals surface area contributed by atoms with Crippen LogP contribution < -0.4 is 11.1 Å². The van der Waals surface area contributed by atoms with Crippen molar-refractivity contribution in [3.05, 3.63) is 64.1 Å². The molecule has 122 valence electrons. The molecule has 0 saturated heterocycles. The summed E-state index contributed by atoms with van der Waals surface area (Å²) >= 11 is 6.33. The van der Waals surface area contributed by atoms with Crippen LogP contribution in [0.15, 0.2) is 57.3 Å². The van der Waals surface area contributed by atoms with Crippen molar-refractivity contribution in [2.45, 2.75) is 10.1 Å². The molecule has 24 heavy (non-hydrogen) atoms. The summed E-state index contributed by atoms with van der Waals surface area (Å²) in [6.45, 7) is 0. The monoisotopic (exact) mass is 420 g/mol. The standard InChI is InChI=1S/C16H13BrN4OS2/c17-12-2-1-3-13(8-12)19-14(22)11-6-4-10(5-7-11)9-23-16-21-20-15(18)24-16/h1-8H,9H2,(H2,18,20)(H,19,22). The number of carbonyl (C=O) groups excluding carboxylic acids is 1. The van der Waals surface area contributed by atoms with Gasteiger partial charge in [-0.1, -0.05) is 57.2 Å². The number of rotatable bonds is 5. The van der Waals surface area contributed by atoms with E-state index in [1.165, 1.54) is 11.3 Å². The quantitative estimate of drug-likeness (QED) is 0.596. The fourth-order valence-electron chi connectivity index (χ4n) is 1.95. The summed E-state index contributed by atoms with van der Waals surface area (Å²) in [7, 11) is 0. The van der Waals surface area contributed by atoms with E-state index in [9.17, 15) is 4.79 Å². The Morgan fingerprint density at radius 1 is 1.21 bits per heavy atom. The van der Waals surface area contributed by atoms with E-state index in [4.69, 9.17) is 5.73 Å². The highest BCUT2D eigenvalue weighted by Crippen LogP contribution is 2.27. The van der Waals surface area contributed by atoms with E-state index in [0.29, 0.717) is 10.7 Å². The molecule has 1 amide bonds. The van der Waals surface area contributed by atoms with Gasteiger partial charge in [-0.3, -0.25) is 4.79 Å².